The molecule has 2 heteroatoms. The molecule has 2 N–H and O–H groups in total. The van der Waals surface area contributed by atoms with Crippen molar-refractivity contribution in [2.24, 2.45) is 0 Å². The molecule has 1 aromatic carbocycles. The Hall–Kier alpha value is -1.02. The molecular formula is C15H24N2. The monoisotopic (exact) mass is 232 g/mol. The van der Waals surface area contributed by atoms with E-state index in [-0.39, 0.29) is 0 Å². The van der Waals surface area contributed by atoms with Crippen LogP contribution in [-0.2, 0) is 6.54 Å². The highest BCUT2D eigenvalue weighted by atomic mass is 15.2. The van der Waals surface area contributed by atoms with Gasteiger partial charge in [-0.1, -0.05) is 25.5 Å². The predicted molar refractivity (Wildman–Crippen MR) is 73.9 cm³/mol. The fourth-order valence-corrected chi connectivity index (χ4v) is 2.75. The van der Waals surface area contributed by atoms with Crippen LogP contribution in [0.3, 0.4) is 0 Å². The van der Waals surface area contributed by atoms with Gasteiger partial charge in [0.2, 0.25) is 0 Å². The van der Waals surface area contributed by atoms with Crippen LogP contribution in [-0.4, -0.2) is 17.5 Å². The highest BCUT2D eigenvalue weighted by molar-refractivity contribution is 5.48. The highest BCUT2D eigenvalue weighted by Gasteiger charge is 2.20. The molecule has 2 rings (SSSR count). The highest BCUT2D eigenvalue weighted by Crippen LogP contribution is 2.23. The van der Waals surface area contributed by atoms with Gasteiger partial charge < -0.3 is 5.73 Å². The topological polar surface area (TPSA) is 29.3 Å². The summed E-state index contributed by atoms with van der Waals surface area (Å²) in [6, 6.07) is 7.26. The maximum Gasteiger partial charge on any atom is 0.0346 e. The van der Waals surface area contributed by atoms with Crippen LogP contribution in [0.5, 0.6) is 0 Å². The van der Waals surface area contributed by atoms with E-state index in [1.807, 2.05) is 0 Å². The van der Waals surface area contributed by atoms with E-state index in [0.717, 1.165) is 18.3 Å². The lowest BCUT2D eigenvalue weighted by molar-refractivity contribution is 0.136. The van der Waals surface area contributed by atoms with Crippen LogP contribution in [0.25, 0.3) is 0 Å². The Morgan fingerprint density at radius 3 is 2.88 bits per heavy atom. The lowest BCUT2D eigenvalue weighted by Gasteiger charge is -2.35. The van der Waals surface area contributed by atoms with Crippen LogP contribution in [0, 0.1) is 6.92 Å². The van der Waals surface area contributed by atoms with Crippen molar-refractivity contribution >= 4 is 5.69 Å². The van der Waals surface area contributed by atoms with Crippen molar-refractivity contribution < 1.29 is 0 Å². The Morgan fingerprint density at radius 1 is 1.35 bits per heavy atom. The van der Waals surface area contributed by atoms with Gasteiger partial charge in [0.25, 0.3) is 0 Å². The molecule has 0 saturated carbocycles. The van der Waals surface area contributed by atoms with E-state index in [4.69, 9.17) is 5.73 Å². The van der Waals surface area contributed by atoms with Crippen molar-refractivity contribution in [2.75, 3.05) is 12.3 Å². The Balaban J connectivity index is 2.05. The zero-order valence-electron chi connectivity index (χ0n) is 11.1. The van der Waals surface area contributed by atoms with E-state index in [9.17, 15) is 0 Å². The fraction of sp³-hybridized carbons (Fsp3) is 0.600. The van der Waals surface area contributed by atoms with Crippen LogP contribution < -0.4 is 5.73 Å². The maximum atomic E-state index is 5.97. The van der Waals surface area contributed by atoms with Gasteiger partial charge in [0.1, 0.15) is 0 Å². The molecule has 1 heterocycles. The summed E-state index contributed by atoms with van der Waals surface area (Å²) < 4.78 is 0. The summed E-state index contributed by atoms with van der Waals surface area (Å²) >= 11 is 0. The lowest BCUT2D eigenvalue weighted by Crippen LogP contribution is -2.38. The Labute approximate surface area is 105 Å². The van der Waals surface area contributed by atoms with Crippen LogP contribution in [0.2, 0.25) is 0 Å². The lowest BCUT2D eigenvalue weighted by atomic mass is 9.99. The average Bonchev–Trinajstić information content (AvgIpc) is 2.34. The molecular weight excluding hydrogens is 208 g/mol. The minimum Gasteiger partial charge on any atom is -0.399 e. The summed E-state index contributed by atoms with van der Waals surface area (Å²) in [5.74, 6) is 0. The van der Waals surface area contributed by atoms with Gasteiger partial charge in [-0.3, -0.25) is 4.90 Å². The molecule has 1 aromatic rings. The van der Waals surface area contributed by atoms with Crippen molar-refractivity contribution in [3.8, 4) is 0 Å². The van der Waals surface area contributed by atoms with E-state index in [1.54, 1.807) is 0 Å². The second-order valence-corrected chi connectivity index (χ2v) is 5.22. The molecule has 1 unspecified atom stereocenters. The minimum atomic E-state index is 0.770. The van der Waals surface area contributed by atoms with Crippen LogP contribution >= 0.6 is 0 Å². The molecule has 0 bridgehead atoms. The number of hydrogen-bond acceptors (Lipinski definition) is 2. The SMILES string of the molecule is CCC1CCCCN1Cc1ccc(C)c(N)c1. The number of aryl methyl sites for hydroxylation is 1. The van der Waals surface area contributed by atoms with Crippen molar-refractivity contribution in [2.45, 2.75) is 52.1 Å². The van der Waals surface area contributed by atoms with Crippen molar-refractivity contribution in [3.63, 3.8) is 0 Å². The summed E-state index contributed by atoms with van der Waals surface area (Å²) in [6.45, 7) is 6.66. The molecule has 1 saturated heterocycles. The number of nitrogens with two attached hydrogens (primary N) is 1. The first kappa shape index (κ1) is 12.4. The molecule has 17 heavy (non-hydrogen) atoms. The van der Waals surface area contributed by atoms with Crippen molar-refractivity contribution in [3.05, 3.63) is 29.3 Å². The number of anilines is 1. The molecule has 1 aliphatic heterocycles. The van der Waals surface area contributed by atoms with E-state index in [1.165, 1.54) is 43.4 Å². The molecule has 0 spiro atoms. The normalized spacial score (nSPS) is 21.6. The summed E-state index contributed by atoms with van der Waals surface area (Å²) in [4.78, 5) is 2.62. The van der Waals surface area contributed by atoms with Gasteiger partial charge in [-0.15, -0.1) is 0 Å². The zero-order chi connectivity index (χ0) is 12.3. The third kappa shape index (κ3) is 3.01. The molecule has 0 aliphatic carbocycles. The molecule has 1 fully saturated rings. The average molecular weight is 232 g/mol. The fourth-order valence-electron chi connectivity index (χ4n) is 2.75. The number of nitrogens with zero attached hydrogens (tertiary/aromatic N) is 1. The Bertz CT molecular complexity index is 373. The third-order valence-electron chi connectivity index (χ3n) is 3.95. The second-order valence-electron chi connectivity index (χ2n) is 5.22. The van der Waals surface area contributed by atoms with Crippen LogP contribution in [0.4, 0.5) is 5.69 Å². The molecule has 1 aliphatic rings. The molecule has 2 nitrogen and oxygen atoms in total. The van der Waals surface area contributed by atoms with Crippen LogP contribution in [0.15, 0.2) is 18.2 Å². The number of piperidine rings is 1. The number of hydrogen-bond donors (Lipinski definition) is 1. The quantitative estimate of drug-likeness (QED) is 0.810. The number of nitrogen functional groups attached to an aromatic ring is 1. The van der Waals surface area contributed by atoms with Gasteiger partial charge in [-0.05, 0) is 49.9 Å². The Morgan fingerprint density at radius 2 is 2.18 bits per heavy atom. The van der Waals surface area contributed by atoms with Gasteiger partial charge in [-0.25, -0.2) is 0 Å². The maximum absolute atomic E-state index is 5.97. The number of rotatable bonds is 3. The number of likely N-dealkylation sites (tertiary alicyclic amines) is 1. The first-order chi connectivity index (χ1) is 8.20. The second kappa shape index (κ2) is 5.54. The van der Waals surface area contributed by atoms with Gasteiger partial charge in [-0.2, -0.15) is 0 Å². The minimum absolute atomic E-state index is 0.770. The standard InChI is InChI=1S/C15H24N2/c1-3-14-6-4-5-9-17(14)11-13-8-7-12(2)15(16)10-13/h7-8,10,14H,3-6,9,11,16H2,1-2H3. The van der Waals surface area contributed by atoms with E-state index in [2.05, 4.69) is 36.9 Å². The first-order valence-electron chi connectivity index (χ1n) is 6.79. The molecule has 94 valence electrons. The largest absolute Gasteiger partial charge is 0.399 e. The first-order valence-corrected chi connectivity index (χ1v) is 6.79. The third-order valence-corrected chi connectivity index (χ3v) is 3.95. The molecule has 0 aromatic heterocycles. The molecule has 0 amide bonds. The van der Waals surface area contributed by atoms with Gasteiger partial charge >= 0.3 is 0 Å². The summed E-state index contributed by atoms with van der Waals surface area (Å²) in [5.41, 5.74) is 9.43. The Kier molecular flexibility index (Phi) is 4.06. The molecule has 1 atom stereocenters. The van der Waals surface area contributed by atoms with Gasteiger partial charge in [0.05, 0.1) is 0 Å². The predicted octanol–water partition coefficient (Wildman–Crippen LogP) is 3.34. The van der Waals surface area contributed by atoms with Crippen molar-refractivity contribution in [1.29, 1.82) is 0 Å². The van der Waals surface area contributed by atoms with E-state index in [0.29, 0.717) is 0 Å². The van der Waals surface area contributed by atoms with E-state index >= 15 is 0 Å². The summed E-state index contributed by atoms with van der Waals surface area (Å²) in [6.07, 6.45) is 5.36. The summed E-state index contributed by atoms with van der Waals surface area (Å²) in [5, 5.41) is 0. The van der Waals surface area contributed by atoms with Gasteiger partial charge in [0, 0.05) is 18.3 Å². The zero-order valence-corrected chi connectivity index (χ0v) is 11.1. The number of benzene rings is 1. The smallest absolute Gasteiger partial charge is 0.0346 e. The van der Waals surface area contributed by atoms with Crippen molar-refractivity contribution in [1.82, 2.24) is 4.90 Å². The molecule has 0 radical (unpaired) electrons. The van der Waals surface area contributed by atoms with Crippen LogP contribution in [0.1, 0.15) is 43.7 Å². The van der Waals surface area contributed by atoms with E-state index < -0.39 is 0 Å². The summed E-state index contributed by atoms with van der Waals surface area (Å²) in [7, 11) is 0. The van der Waals surface area contributed by atoms with Gasteiger partial charge in [0.15, 0.2) is 0 Å².